The minimum absolute atomic E-state index is 0.0115. The predicted octanol–water partition coefficient (Wildman–Crippen LogP) is 4.57. The molecule has 148 valence electrons. The molecule has 1 saturated carbocycles. The number of halogens is 1. The van der Waals surface area contributed by atoms with Gasteiger partial charge < -0.3 is 14.2 Å². The lowest BCUT2D eigenvalue weighted by Crippen LogP contribution is -2.37. The molecule has 4 rings (SSSR count). The van der Waals surface area contributed by atoms with E-state index < -0.39 is 9.73 Å². The van der Waals surface area contributed by atoms with Crippen molar-refractivity contribution >= 4 is 38.3 Å². The van der Waals surface area contributed by atoms with Gasteiger partial charge in [-0.15, -0.1) is 0 Å². The van der Waals surface area contributed by atoms with Gasteiger partial charge in [0.1, 0.15) is 15.2 Å². The molecule has 0 aliphatic heterocycles. The van der Waals surface area contributed by atoms with Gasteiger partial charge in [0.2, 0.25) is 0 Å². The summed E-state index contributed by atoms with van der Waals surface area (Å²) in [6, 6.07) is 8.29. The maximum atomic E-state index is 12.4. The van der Waals surface area contributed by atoms with Crippen LogP contribution in [0, 0.1) is 4.78 Å². The average molecular weight is 422 g/mol. The highest BCUT2D eigenvalue weighted by Crippen LogP contribution is 2.34. The average Bonchev–Trinajstić information content (AvgIpc) is 3.29. The standard InChI is InChI=1S/C19H20ClN3O4S/c1-28(21,25)17-9-8-16(26-17)18(24)22-13-5-2-11(3-6-13)19-23-14-10-12(20)4-7-15(14)27-19/h4,7-11,13,21H,2-3,5-6H2,1H3,(H,22,24)/t11-,13-,28-/m0/s1. The quantitative estimate of drug-likeness (QED) is 0.641. The Morgan fingerprint density at radius 2 is 1.96 bits per heavy atom. The van der Waals surface area contributed by atoms with E-state index in [0.29, 0.717) is 10.9 Å². The van der Waals surface area contributed by atoms with Crippen molar-refractivity contribution in [1.29, 1.82) is 4.78 Å². The highest BCUT2D eigenvalue weighted by molar-refractivity contribution is 7.91. The van der Waals surface area contributed by atoms with Gasteiger partial charge >= 0.3 is 0 Å². The number of nitrogens with zero attached hydrogens (tertiary/aromatic N) is 1. The summed E-state index contributed by atoms with van der Waals surface area (Å²) in [5.41, 5.74) is 1.48. The summed E-state index contributed by atoms with van der Waals surface area (Å²) in [4.78, 5) is 16.9. The summed E-state index contributed by atoms with van der Waals surface area (Å²) in [6.07, 6.45) is 4.56. The fourth-order valence-corrected chi connectivity index (χ4v) is 4.23. The summed E-state index contributed by atoms with van der Waals surface area (Å²) in [7, 11) is -2.97. The normalized spacial score (nSPS) is 22.1. The molecule has 28 heavy (non-hydrogen) atoms. The van der Waals surface area contributed by atoms with E-state index in [9.17, 15) is 9.00 Å². The van der Waals surface area contributed by atoms with Crippen LogP contribution < -0.4 is 5.32 Å². The molecule has 0 saturated heterocycles. The molecule has 0 spiro atoms. The smallest absolute Gasteiger partial charge is 0.287 e. The minimum atomic E-state index is -2.97. The Labute approximate surface area is 167 Å². The lowest BCUT2D eigenvalue weighted by molar-refractivity contribution is 0.0891. The molecule has 9 heteroatoms. The fraction of sp³-hybridized carbons (Fsp3) is 0.368. The monoisotopic (exact) mass is 421 g/mol. The number of furan rings is 1. The molecule has 0 radical (unpaired) electrons. The molecule has 0 bridgehead atoms. The molecular weight excluding hydrogens is 402 g/mol. The number of amides is 1. The van der Waals surface area contributed by atoms with Gasteiger partial charge in [-0.3, -0.25) is 4.79 Å². The number of aromatic nitrogens is 1. The Balaban J connectivity index is 1.37. The van der Waals surface area contributed by atoms with Crippen LogP contribution in [-0.4, -0.2) is 27.4 Å². The number of benzene rings is 1. The Hall–Kier alpha value is -2.32. The van der Waals surface area contributed by atoms with E-state index in [-0.39, 0.29) is 28.7 Å². The van der Waals surface area contributed by atoms with E-state index in [2.05, 4.69) is 10.3 Å². The van der Waals surface area contributed by atoms with E-state index in [1.165, 1.54) is 18.4 Å². The van der Waals surface area contributed by atoms with Crippen LogP contribution in [0.4, 0.5) is 0 Å². The molecule has 1 fully saturated rings. The third kappa shape index (κ3) is 3.93. The van der Waals surface area contributed by atoms with Gasteiger partial charge in [0.05, 0.1) is 0 Å². The van der Waals surface area contributed by atoms with Crippen molar-refractivity contribution < 1.29 is 17.8 Å². The Bertz CT molecular complexity index is 1130. The zero-order valence-corrected chi connectivity index (χ0v) is 16.8. The molecule has 1 atom stereocenters. The zero-order valence-electron chi connectivity index (χ0n) is 15.2. The van der Waals surface area contributed by atoms with E-state index >= 15 is 0 Å². The first-order valence-corrected chi connectivity index (χ1v) is 11.3. The Morgan fingerprint density at radius 3 is 2.64 bits per heavy atom. The first-order valence-electron chi connectivity index (χ1n) is 9.00. The Kier molecular flexibility index (Phi) is 4.93. The second-order valence-electron chi connectivity index (χ2n) is 7.15. The largest absolute Gasteiger partial charge is 0.441 e. The van der Waals surface area contributed by atoms with Crippen molar-refractivity contribution in [2.75, 3.05) is 6.26 Å². The van der Waals surface area contributed by atoms with Gasteiger partial charge in [0.25, 0.3) is 5.91 Å². The van der Waals surface area contributed by atoms with Crippen LogP contribution in [0.25, 0.3) is 11.1 Å². The van der Waals surface area contributed by atoms with Crippen LogP contribution in [0.5, 0.6) is 0 Å². The second-order valence-corrected chi connectivity index (χ2v) is 9.67. The summed E-state index contributed by atoms with van der Waals surface area (Å²) >= 11 is 6.00. The van der Waals surface area contributed by atoms with Crippen LogP contribution in [0.1, 0.15) is 48.0 Å². The van der Waals surface area contributed by atoms with Crippen LogP contribution in [0.15, 0.2) is 44.3 Å². The van der Waals surface area contributed by atoms with Crippen molar-refractivity contribution in [3.63, 3.8) is 0 Å². The molecule has 0 unspecified atom stereocenters. The maximum Gasteiger partial charge on any atom is 0.287 e. The molecule has 2 N–H and O–H groups in total. The number of carbonyl (C=O) groups excluding carboxylic acids is 1. The third-order valence-corrected chi connectivity index (χ3v) is 6.19. The summed E-state index contributed by atoms with van der Waals surface area (Å²) in [5, 5.41) is 3.59. The number of oxazole rings is 1. The highest BCUT2D eigenvalue weighted by atomic mass is 35.5. The highest BCUT2D eigenvalue weighted by Gasteiger charge is 2.28. The third-order valence-electron chi connectivity index (χ3n) is 4.97. The molecule has 1 aliphatic rings. The van der Waals surface area contributed by atoms with E-state index in [1.807, 2.05) is 6.07 Å². The van der Waals surface area contributed by atoms with Crippen LogP contribution in [0.2, 0.25) is 5.02 Å². The summed E-state index contributed by atoms with van der Waals surface area (Å²) in [5.74, 6) is 0.651. The fourth-order valence-electron chi connectivity index (χ4n) is 3.49. The van der Waals surface area contributed by atoms with Gasteiger partial charge in [-0.2, -0.15) is 0 Å². The first-order chi connectivity index (χ1) is 13.3. The van der Waals surface area contributed by atoms with E-state index in [4.69, 9.17) is 25.2 Å². The van der Waals surface area contributed by atoms with Gasteiger partial charge in [-0.05, 0) is 56.0 Å². The first kappa shape index (κ1) is 19.0. The zero-order chi connectivity index (χ0) is 19.9. The molecule has 1 aromatic carbocycles. The number of hydrogen-bond donors (Lipinski definition) is 2. The Morgan fingerprint density at radius 1 is 1.21 bits per heavy atom. The number of fused-ring (bicyclic) bond motifs is 1. The molecule has 2 heterocycles. The van der Waals surface area contributed by atoms with Crippen molar-refractivity contribution in [3.8, 4) is 0 Å². The second kappa shape index (κ2) is 7.25. The number of nitrogens with one attached hydrogen (secondary N) is 2. The summed E-state index contributed by atoms with van der Waals surface area (Å²) < 4.78 is 30.3. The number of rotatable bonds is 4. The number of carbonyl (C=O) groups is 1. The predicted molar refractivity (Wildman–Crippen MR) is 105 cm³/mol. The van der Waals surface area contributed by atoms with Crippen LogP contribution >= 0.6 is 11.6 Å². The maximum absolute atomic E-state index is 12.4. The topological polar surface area (TPSA) is 109 Å². The SMILES string of the molecule is C[S@](=N)(=O)c1ccc(C(=O)N[C@H]2CC[C@H](c3nc4cc(Cl)ccc4o3)CC2)o1. The van der Waals surface area contributed by atoms with Crippen molar-refractivity contribution in [2.45, 2.75) is 42.7 Å². The van der Waals surface area contributed by atoms with E-state index in [0.717, 1.165) is 36.8 Å². The molecule has 1 aliphatic carbocycles. The molecule has 2 aromatic heterocycles. The molecule has 1 amide bonds. The molecular formula is C19H20ClN3O4S. The van der Waals surface area contributed by atoms with Crippen molar-refractivity contribution in [3.05, 3.63) is 47.0 Å². The number of hydrogen-bond acceptors (Lipinski definition) is 6. The van der Waals surface area contributed by atoms with Gasteiger partial charge in [0.15, 0.2) is 22.3 Å². The van der Waals surface area contributed by atoms with Gasteiger partial charge in [-0.25, -0.2) is 14.0 Å². The summed E-state index contributed by atoms with van der Waals surface area (Å²) in [6.45, 7) is 0. The lowest BCUT2D eigenvalue weighted by atomic mass is 9.86. The lowest BCUT2D eigenvalue weighted by Gasteiger charge is -2.27. The minimum Gasteiger partial charge on any atom is -0.441 e. The van der Waals surface area contributed by atoms with Crippen LogP contribution in [0.3, 0.4) is 0 Å². The van der Waals surface area contributed by atoms with Crippen LogP contribution in [-0.2, 0) is 9.73 Å². The molecule has 3 aromatic rings. The molecule has 7 nitrogen and oxygen atoms in total. The van der Waals surface area contributed by atoms with E-state index in [1.54, 1.807) is 12.1 Å². The van der Waals surface area contributed by atoms with Gasteiger partial charge in [-0.1, -0.05) is 11.6 Å². The van der Waals surface area contributed by atoms with Gasteiger partial charge in [0, 0.05) is 23.2 Å². The van der Waals surface area contributed by atoms with Crippen molar-refractivity contribution in [2.24, 2.45) is 0 Å². The van der Waals surface area contributed by atoms with Crippen molar-refractivity contribution in [1.82, 2.24) is 10.3 Å².